The van der Waals surface area contributed by atoms with Gasteiger partial charge in [0.05, 0.1) is 30.4 Å². The zero-order valence-electron chi connectivity index (χ0n) is 32.9. The van der Waals surface area contributed by atoms with Crippen LogP contribution in [0.25, 0.3) is 33.4 Å². The first-order valence-corrected chi connectivity index (χ1v) is 20.1. The van der Waals surface area contributed by atoms with E-state index in [1.54, 1.807) is 0 Å². The Kier molecular flexibility index (Phi) is 14.5. The number of fused-ring (bicyclic) bond motifs is 2. The average molecular weight is 722 g/mol. The molecule has 0 radical (unpaired) electrons. The van der Waals surface area contributed by atoms with Gasteiger partial charge in [0.15, 0.2) is 0 Å². The standard InChI is InChI=1S/C46H61N2O5/c1-7-47(8-2)35-24-26-39-42(30-35)53-43-31-36(48(9-3)10-4)25-27-40(43)44(39)37-22-18-19-23-38(37)46(51)52-28-20-16-14-12-11-13-15-17-21-34-29-41(49)32(5)33(6)45(34)50/h18-19,22-27,29-31,41,45,49-50H,7-17,20-21,28H2,1-6H3/q+1. The maximum atomic E-state index is 13.7. The molecule has 2 aromatic rings. The number of aliphatic hydroxyl groups excluding tert-OH is 2. The van der Waals surface area contributed by atoms with Gasteiger partial charge in [-0.2, -0.15) is 0 Å². The predicted octanol–water partition coefficient (Wildman–Crippen LogP) is 9.53. The van der Waals surface area contributed by atoms with Crippen molar-refractivity contribution in [3.05, 3.63) is 94.4 Å². The summed E-state index contributed by atoms with van der Waals surface area (Å²) >= 11 is 0. The first-order chi connectivity index (χ1) is 25.7. The molecule has 0 saturated carbocycles. The van der Waals surface area contributed by atoms with Crippen molar-refractivity contribution in [2.45, 2.75) is 112 Å². The van der Waals surface area contributed by atoms with Crippen molar-refractivity contribution in [1.82, 2.24) is 4.58 Å². The quantitative estimate of drug-likeness (QED) is 0.0350. The number of aliphatic hydroxyl groups is 2. The highest BCUT2D eigenvalue weighted by atomic mass is 16.5. The number of carbonyl (C=O) groups excluding carboxylic acids is 1. The minimum atomic E-state index is -0.568. The number of esters is 1. The van der Waals surface area contributed by atoms with Crippen LogP contribution in [0.1, 0.15) is 110 Å². The van der Waals surface area contributed by atoms with Crippen LogP contribution in [0.4, 0.5) is 5.69 Å². The predicted molar refractivity (Wildman–Crippen MR) is 218 cm³/mol. The molecule has 2 aliphatic carbocycles. The summed E-state index contributed by atoms with van der Waals surface area (Å²) in [5.74, 6) is 0.494. The van der Waals surface area contributed by atoms with Crippen LogP contribution in [-0.2, 0) is 4.74 Å². The van der Waals surface area contributed by atoms with Gasteiger partial charge >= 0.3 is 5.97 Å². The first-order valence-electron chi connectivity index (χ1n) is 20.1. The lowest BCUT2D eigenvalue weighted by atomic mass is 9.86. The van der Waals surface area contributed by atoms with Gasteiger partial charge in [0.25, 0.3) is 0 Å². The second-order valence-corrected chi connectivity index (χ2v) is 14.4. The molecule has 0 saturated heterocycles. The number of ether oxygens (including phenoxy) is 1. The van der Waals surface area contributed by atoms with Gasteiger partial charge in [0, 0.05) is 47.4 Å². The SMILES string of the molecule is CCN(CC)c1ccc2c(-c3ccccc3C(=O)OCCCCCCCCCCC3=CC(O)C(C)=C(C)C3O)c3ccc(=[N+](CC)CC)cc-3oc2c1. The lowest BCUT2D eigenvalue weighted by molar-refractivity contribution is 0.0498. The molecule has 0 bridgehead atoms. The molecule has 7 heteroatoms. The van der Waals surface area contributed by atoms with Crippen LogP contribution in [0.5, 0.6) is 0 Å². The zero-order valence-corrected chi connectivity index (χ0v) is 32.9. The van der Waals surface area contributed by atoms with Gasteiger partial charge in [0.2, 0.25) is 5.36 Å². The molecule has 53 heavy (non-hydrogen) atoms. The van der Waals surface area contributed by atoms with Crippen LogP contribution in [0.3, 0.4) is 0 Å². The second-order valence-electron chi connectivity index (χ2n) is 14.4. The van der Waals surface area contributed by atoms with E-state index in [2.05, 4.69) is 73.6 Å². The molecule has 2 aromatic carbocycles. The lowest BCUT2D eigenvalue weighted by Gasteiger charge is -2.26. The number of anilines is 1. The minimum absolute atomic E-state index is 0.297. The van der Waals surface area contributed by atoms with Gasteiger partial charge in [0.1, 0.15) is 24.4 Å². The van der Waals surface area contributed by atoms with Gasteiger partial charge in [-0.1, -0.05) is 56.7 Å². The average Bonchev–Trinajstić information content (AvgIpc) is 3.17. The van der Waals surface area contributed by atoms with Crippen molar-refractivity contribution in [2.75, 3.05) is 37.7 Å². The summed E-state index contributed by atoms with van der Waals surface area (Å²) in [5.41, 5.74) is 7.96. The van der Waals surface area contributed by atoms with Crippen LogP contribution in [0.15, 0.2) is 87.9 Å². The van der Waals surface area contributed by atoms with Crippen LogP contribution >= 0.6 is 0 Å². The molecule has 2 unspecified atom stereocenters. The van der Waals surface area contributed by atoms with Crippen molar-refractivity contribution in [1.29, 1.82) is 0 Å². The molecular formula is C46H61N2O5+. The van der Waals surface area contributed by atoms with Crippen molar-refractivity contribution in [3.8, 4) is 22.5 Å². The molecule has 0 amide bonds. The van der Waals surface area contributed by atoms with Gasteiger partial charge in [-0.05, 0) is 113 Å². The maximum Gasteiger partial charge on any atom is 0.338 e. The molecule has 1 heterocycles. The van der Waals surface area contributed by atoms with E-state index in [0.717, 1.165) is 139 Å². The van der Waals surface area contributed by atoms with E-state index >= 15 is 0 Å². The maximum absolute atomic E-state index is 13.7. The van der Waals surface area contributed by atoms with E-state index in [9.17, 15) is 15.0 Å². The summed E-state index contributed by atoms with van der Waals surface area (Å²) in [5, 5.41) is 22.8. The smallest absolute Gasteiger partial charge is 0.338 e. The van der Waals surface area contributed by atoms with Gasteiger partial charge in [-0.3, -0.25) is 0 Å². The molecule has 2 atom stereocenters. The third-order valence-corrected chi connectivity index (χ3v) is 11.2. The molecular weight excluding hydrogens is 661 g/mol. The Morgan fingerprint density at radius 1 is 0.792 bits per heavy atom. The van der Waals surface area contributed by atoms with Crippen LogP contribution in [-0.4, -0.2) is 61.2 Å². The Morgan fingerprint density at radius 3 is 2.17 bits per heavy atom. The lowest BCUT2D eigenvalue weighted by Crippen LogP contribution is -2.29. The third kappa shape index (κ3) is 9.49. The van der Waals surface area contributed by atoms with E-state index < -0.39 is 12.2 Å². The highest BCUT2D eigenvalue weighted by molar-refractivity contribution is 6.08. The number of carbonyl (C=O) groups is 1. The van der Waals surface area contributed by atoms with Crippen LogP contribution in [0.2, 0.25) is 0 Å². The molecule has 5 rings (SSSR count). The van der Waals surface area contributed by atoms with E-state index in [4.69, 9.17) is 9.15 Å². The minimum Gasteiger partial charge on any atom is -0.462 e. The molecule has 0 aromatic heterocycles. The first kappa shape index (κ1) is 40.0. The number of benzene rings is 3. The topological polar surface area (TPSA) is 86.2 Å². The number of hydrogen-bond acceptors (Lipinski definition) is 6. The number of unbranched alkanes of at least 4 members (excludes halogenated alkanes) is 7. The Morgan fingerprint density at radius 2 is 1.47 bits per heavy atom. The van der Waals surface area contributed by atoms with Gasteiger partial charge < -0.3 is 24.3 Å². The van der Waals surface area contributed by atoms with Crippen molar-refractivity contribution in [2.24, 2.45) is 0 Å². The fourth-order valence-corrected chi connectivity index (χ4v) is 7.71. The summed E-state index contributed by atoms with van der Waals surface area (Å²) < 4.78 is 14.9. The fourth-order valence-electron chi connectivity index (χ4n) is 7.71. The summed E-state index contributed by atoms with van der Waals surface area (Å²) in [7, 11) is 0. The Balaban J connectivity index is 1.21. The number of rotatable bonds is 18. The van der Waals surface area contributed by atoms with Gasteiger partial charge in [-0.25, -0.2) is 9.37 Å². The molecule has 0 spiro atoms. The number of hydrogen-bond donors (Lipinski definition) is 2. The fraction of sp³-hybridized carbons (Fsp3) is 0.478. The summed E-state index contributed by atoms with van der Waals surface area (Å²) in [6.45, 7) is 16.4. The monoisotopic (exact) mass is 721 g/mol. The van der Waals surface area contributed by atoms with Crippen LogP contribution in [0, 0.1) is 0 Å². The number of nitrogens with zero attached hydrogens (tertiary/aromatic N) is 2. The highest BCUT2D eigenvalue weighted by Crippen LogP contribution is 2.42. The summed E-state index contributed by atoms with van der Waals surface area (Å²) in [4.78, 5) is 16.0. The zero-order chi connectivity index (χ0) is 37.9. The van der Waals surface area contributed by atoms with Crippen molar-refractivity contribution >= 4 is 22.6 Å². The highest BCUT2D eigenvalue weighted by Gasteiger charge is 2.25. The molecule has 2 N–H and O–H groups in total. The summed E-state index contributed by atoms with van der Waals surface area (Å²) in [6.07, 6.45) is 10.2. The molecule has 7 nitrogen and oxygen atoms in total. The normalized spacial score (nSPS) is 16.0. The Hall–Kier alpha value is -4.20. The molecule has 284 valence electrons. The summed E-state index contributed by atoms with van der Waals surface area (Å²) in [6, 6.07) is 20.6. The Bertz CT molecular complexity index is 1940. The van der Waals surface area contributed by atoms with Crippen molar-refractivity contribution < 1.29 is 24.2 Å². The second kappa shape index (κ2) is 19.2. The van der Waals surface area contributed by atoms with Crippen LogP contribution < -0.4 is 14.8 Å². The molecule has 1 aliphatic heterocycles. The van der Waals surface area contributed by atoms with E-state index in [-0.39, 0.29) is 5.97 Å². The largest absolute Gasteiger partial charge is 0.462 e. The van der Waals surface area contributed by atoms with E-state index in [0.29, 0.717) is 12.2 Å². The third-order valence-electron chi connectivity index (χ3n) is 11.2. The van der Waals surface area contributed by atoms with E-state index in [1.165, 1.54) is 6.42 Å². The van der Waals surface area contributed by atoms with E-state index in [1.807, 2.05) is 44.2 Å². The molecule has 0 fully saturated rings. The van der Waals surface area contributed by atoms with Crippen molar-refractivity contribution in [3.63, 3.8) is 0 Å². The van der Waals surface area contributed by atoms with Gasteiger partial charge in [-0.15, -0.1) is 0 Å². The molecule has 3 aliphatic rings. The Labute approximate surface area is 316 Å².